The quantitative estimate of drug-likeness (QED) is 0.801. The molecule has 0 saturated carbocycles. The summed E-state index contributed by atoms with van der Waals surface area (Å²) >= 11 is 0. The molecule has 1 aliphatic rings. The zero-order valence-corrected chi connectivity index (χ0v) is 12.6. The molecular weight excluding hydrogens is 254 g/mol. The van der Waals surface area contributed by atoms with E-state index < -0.39 is 5.60 Å². The predicted molar refractivity (Wildman–Crippen MR) is 78.6 cm³/mol. The maximum absolute atomic E-state index is 10.4. The number of hydrogen-bond donors (Lipinski definition) is 2. The average Bonchev–Trinajstić information content (AvgIpc) is 2.89. The Hall–Kier alpha value is -0.910. The number of ether oxygens (including phenoxy) is 1. The molecule has 2 N–H and O–H groups in total. The van der Waals surface area contributed by atoms with Gasteiger partial charge < -0.3 is 15.2 Å². The first-order chi connectivity index (χ1) is 9.67. The lowest BCUT2D eigenvalue weighted by Crippen LogP contribution is -2.44. The lowest BCUT2D eigenvalue weighted by molar-refractivity contribution is -0.0617. The van der Waals surface area contributed by atoms with Gasteiger partial charge in [0.25, 0.3) is 0 Å². The van der Waals surface area contributed by atoms with Gasteiger partial charge in [-0.3, -0.25) is 4.68 Å². The molecule has 1 aromatic heterocycles. The zero-order valence-electron chi connectivity index (χ0n) is 12.6. The number of rotatable bonds is 7. The van der Waals surface area contributed by atoms with Crippen molar-refractivity contribution in [3.05, 3.63) is 18.0 Å². The van der Waals surface area contributed by atoms with E-state index >= 15 is 0 Å². The number of nitrogens with zero attached hydrogens (tertiary/aromatic N) is 2. The molecule has 0 spiro atoms. The Kier molecular flexibility index (Phi) is 5.57. The van der Waals surface area contributed by atoms with Crippen LogP contribution in [-0.2, 0) is 11.3 Å². The SMILES string of the molecule is CCC(CC)n1ccc(CNCC2(O)CCOCC2)n1. The summed E-state index contributed by atoms with van der Waals surface area (Å²) in [6.45, 7) is 7.00. The highest BCUT2D eigenvalue weighted by atomic mass is 16.5. The minimum atomic E-state index is -0.615. The van der Waals surface area contributed by atoms with Crippen LogP contribution in [0.4, 0.5) is 0 Å². The Morgan fingerprint density at radius 3 is 2.75 bits per heavy atom. The maximum Gasteiger partial charge on any atom is 0.0815 e. The van der Waals surface area contributed by atoms with Crippen molar-refractivity contribution < 1.29 is 9.84 Å². The van der Waals surface area contributed by atoms with Crippen molar-refractivity contribution in [2.45, 2.75) is 57.7 Å². The molecule has 114 valence electrons. The molecule has 5 nitrogen and oxygen atoms in total. The highest BCUT2D eigenvalue weighted by Crippen LogP contribution is 2.19. The van der Waals surface area contributed by atoms with Gasteiger partial charge in [-0.1, -0.05) is 13.8 Å². The summed E-state index contributed by atoms with van der Waals surface area (Å²) in [5.74, 6) is 0. The second-order valence-electron chi connectivity index (χ2n) is 5.70. The summed E-state index contributed by atoms with van der Waals surface area (Å²) in [6.07, 6.45) is 5.68. The fourth-order valence-electron chi connectivity index (χ4n) is 2.69. The Bertz CT molecular complexity index is 396. The molecule has 0 unspecified atom stereocenters. The lowest BCUT2D eigenvalue weighted by atomic mass is 9.94. The second kappa shape index (κ2) is 7.20. The first kappa shape index (κ1) is 15.5. The summed E-state index contributed by atoms with van der Waals surface area (Å²) in [4.78, 5) is 0. The van der Waals surface area contributed by atoms with E-state index in [2.05, 4.69) is 41.2 Å². The molecule has 2 rings (SSSR count). The molecule has 0 amide bonds. The standard InChI is InChI=1S/C15H27N3O2/c1-3-14(4-2)18-8-5-13(17-18)11-16-12-15(19)6-9-20-10-7-15/h5,8,14,16,19H,3-4,6-7,9-12H2,1-2H3. The molecule has 1 aliphatic heterocycles. The predicted octanol–water partition coefficient (Wildman–Crippen LogP) is 1.88. The van der Waals surface area contributed by atoms with Gasteiger partial charge in [0.2, 0.25) is 0 Å². The molecule has 0 aliphatic carbocycles. The molecule has 1 aromatic rings. The molecular formula is C15H27N3O2. The van der Waals surface area contributed by atoms with Crippen molar-refractivity contribution in [3.8, 4) is 0 Å². The van der Waals surface area contributed by atoms with E-state index in [9.17, 15) is 5.11 Å². The summed E-state index contributed by atoms with van der Waals surface area (Å²) < 4.78 is 7.34. The summed E-state index contributed by atoms with van der Waals surface area (Å²) in [5, 5.41) is 18.3. The molecule has 1 saturated heterocycles. The Morgan fingerprint density at radius 1 is 1.40 bits per heavy atom. The maximum atomic E-state index is 10.4. The van der Waals surface area contributed by atoms with Crippen LogP contribution in [0.3, 0.4) is 0 Å². The third kappa shape index (κ3) is 4.04. The first-order valence-electron chi connectivity index (χ1n) is 7.72. The number of aliphatic hydroxyl groups is 1. The van der Waals surface area contributed by atoms with Gasteiger partial charge in [0.1, 0.15) is 0 Å². The minimum absolute atomic E-state index is 0.489. The van der Waals surface area contributed by atoms with Crippen LogP contribution in [-0.4, -0.2) is 40.2 Å². The summed E-state index contributed by atoms with van der Waals surface area (Å²) in [7, 11) is 0. The third-order valence-electron chi connectivity index (χ3n) is 4.16. The Labute approximate surface area is 121 Å². The van der Waals surface area contributed by atoms with Crippen LogP contribution in [0.5, 0.6) is 0 Å². The van der Waals surface area contributed by atoms with E-state index in [-0.39, 0.29) is 0 Å². The third-order valence-corrected chi connectivity index (χ3v) is 4.16. The average molecular weight is 281 g/mol. The largest absolute Gasteiger partial charge is 0.388 e. The van der Waals surface area contributed by atoms with Crippen LogP contribution in [0.1, 0.15) is 51.3 Å². The van der Waals surface area contributed by atoms with Gasteiger partial charge in [-0.05, 0) is 18.9 Å². The van der Waals surface area contributed by atoms with E-state index in [0.29, 0.717) is 45.2 Å². The molecule has 0 aromatic carbocycles. The molecule has 5 heteroatoms. The van der Waals surface area contributed by atoms with E-state index in [0.717, 1.165) is 18.5 Å². The van der Waals surface area contributed by atoms with E-state index in [1.807, 2.05) is 0 Å². The topological polar surface area (TPSA) is 59.3 Å². The zero-order chi connectivity index (χ0) is 14.4. The molecule has 0 radical (unpaired) electrons. The van der Waals surface area contributed by atoms with Gasteiger partial charge in [0.15, 0.2) is 0 Å². The highest BCUT2D eigenvalue weighted by Gasteiger charge is 2.29. The number of aromatic nitrogens is 2. The van der Waals surface area contributed by atoms with Crippen LogP contribution in [0.15, 0.2) is 12.3 Å². The van der Waals surface area contributed by atoms with E-state index in [4.69, 9.17) is 4.74 Å². The monoisotopic (exact) mass is 281 g/mol. The van der Waals surface area contributed by atoms with Crippen molar-refractivity contribution in [1.29, 1.82) is 0 Å². The van der Waals surface area contributed by atoms with Gasteiger partial charge in [-0.2, -0.15) is 5.10 Å². The van der Waals surface area contributed by atoms with Crippen molar-refractivity contribution in [3.63, 3.8) is 0 Å². The van der Waals surface area contributed by atoms with Crippen LogP contribution < -0.4 is 5.32 Å². The second-order valence-corrected chi connectivity index (χ2v) is 5.70. The molecule has 0 atom stereocenters. The van der Waals surface area contributed by atoms with Crippen molar-refractivity contribution in [1.82, 2.24) is 15.1 Å². The lowest BCUT2D eigenvalue weighted by Gasteiger charge is -2.32. The first-order valence-corrected chi connectivity index (χ1v) is 7.72. The van der Waals surface area contributed by atoms with Gasteiger partial charge in [-0.25, -0.2) is 0 Å². The fourth-order valence-corrected chi connectivity index (χ4v) is 2.69. The van der Waals surface area contributed by atoms with Crippen LogP contribution in [0.2, 0.25) is 0 Å². The molecule has 2 heterocycles. The van der Waals surface area contributed by atoms with E-state index in [1.165, 1.54) is 0 Å². The van der Waals surface area contributed by atoms with E-state index in [1.54, 1.807) is 0 Å². The van der Waals surface area contributed by atoms with Gasteiger partial charge in [-0.15, -0.1) is 0 Å². The Morgan fingerprint density at radius 2 is 2.10 bits per heavy atom. The highest BCUT2D eigenvalue weighted by molar-refractivity contribution is 5.00. The van der Waals surface area contributed by atoms with Crippen molar-refractivity contribution in [2.75, 3.05) is 19.8 Å². The molecule has 20 heavy (non-hydrogen) atoms. The van der Waals surface area contributed by atoms with Crippen LogP contribution in [0, 0.1) is 0 Å². The van der Waals surface area contributed by atoms with Gasteiger partial charge in [0.05, 0.1) is 17.3 Å². The smallest absolute Gasteiger partial charge is 0.0815 e. The Balaban J connectivity index is 1.79. The number of hydrogen-bond acceptors (Lipinski definition) is 4. The molecule has 1 fully saturated rings. The van der Waals surface area contributed by atoms with Gasteiger partial charge >= 0.3 is 0 Å². The van der Waals surface area contributed by atoms with Crippen LogP contribution >= 0.6 is 0 Å². The van der Waals surface area contributed by atoms with Crippen LogP contribution in [0.25, 0.3) is 0 Å². The van der Waals surface area contributed by atoms with Gasteiger partial charge in [0, 0.05) is 45.3 Å². The van der Waals surface area contributed by atoms with Crippen molar-refractivity contribution >= 4 is 0 Å². The minimum Gasteiger partial charge on any atom is -0.388 e. The normalized spacial score (nSPS) is 18.6. The number of nitrogens with one attached hydrogen (secondary N) is 1. The summed E-state index contributed by atoms with van der Waals surface area (Å²) in [6, 6.07) is 2.54. The summed E-state index contributed by atoms with van der Waals surface area (Å²) in [5.41, 5.74) is 0.420. The van der Waals surface area contributed by atoms with Crippen molar-refractivity contribution in [2.24, 2.45) is 0 Å². The molecule has 0 bridgehead atoms. The fraction of sp³-hybridized carbons (Fsp3) is 0.800.